The molecular weight excluding hydrogens is 308 g/mol. The number of non-ortho nitro benzene ring substituents is 1. The predicted molar refractivity (Wildman–Crippen MR) is 83.4 cm³/mol. The number of aryl methyl sites for hydroxylation is 1. The van der Waals surface area contributed by atoms with E-state index in [4.69, 9.17) is 16.3 Å². The van der Waals surface area contributed by atoms with Crippen LogP contribution in [0.4, 0.5) is 11.4 Å². The lowest BCUT2D eigenvalue weighted by Gasteiger charge is -2.09. The highest BCUT2D eigenvalue weighted by atomic mass is 35.5. The SMILES string of the molecule is Cc1cc(Cl)ccc1NC(=O)COc1cccc([N+](=O)[O-])c1. The summed E-state index contributed by atoms with van der Waals surface area (Å²) in [5.74, 6) is -0.103. The number of nitro groups is 1. The second-order valence-corrected chi connectivity index (χ2v) is 4.99. The highest BCUT2D eigenvalue weighted by Crippen LogP contribution is 2.20. The van der Waals surface area contributed by atoms with E-state index in [1.54, 1.807) is 24.3 Å². The molecule has 0 saturated carbocycles. The van der Waals surface area contributed by atoms with Crippen molar-refractivity contribution < 1.29 is 14.5 Å². The first kappa shape index (κ1) is 15.8. The van der Waals surface area contributed by atoms with Crippen molar-refractivity contribution in [1.29, 1.82) is 0 Å². The van der Waals surface area contributed by atoms with Crippen molar-refractivity contribution >= 4 is 28.9 Å². The molecule has 0 unspecified atom stereocenters. The third-order valence-corrected chi connectivity index (χ3v) is 3.10. The Morgan fingerprint density at radius 2 is 2.09 bits per heavy atom. The van der Waals surface area contributed by atoms with Crippen LogP contribution >= 0.6 is 11.6 Å². The van der Waals surface area contributed by atoms with Gasteiger partial charge in [-0.3, -0.25) is 14.9 Å². The van der Waals surface area contributed by atoms with Crippen molar-refractivity contribution in [2.45, 2.75) is 6.92 Å². The fourth-order valence-electron chi connectivity index (χ4n) is 1.79. The second-order valence-electron chi connectivity index (χ2n) is 4.55. The first-order valence-electron chi connectivity index (χ1n) is 6.39. The number of benzene rings is 2. The van der Waals surface area contributed by atoms with Gasteiger partial charge in [0.25, 0.3) is 11.6 Å². The standard InChI is InChI=1S/C15H13ClN2O4/c1-10-7-11(16)5-6-14(10)17-15(19)9-22-13-4-2-3-12(8-13)18(20)21/h2-8H,9H2,1H3,(H,17,19). The highest BCUT2D eigenvalue weighted by Gasteiger charge is 2.09. The molecule has 0 bridgehead atoms. The average Bonchev–Trinajstić information content (AvgIpc) is 2.48. The number of anilines is 1. The van der Waals surface area contributed by atoms with Crippen LogP contribution in [0.5, 0.6) is 5.75 Å². The fourth-order valence-corrected chi connectivity index (χ4v) is 2.02. The number of ether oxygens (including phenoxy) is 1. The molecule has 0 fully saturated rings. The van der Waals surface area contributed by atoms with Crippen LogP contribution in [0.25, 0.3) is 0 Å². The number of nitrogens with one attached hydrogen (secondary N) is 1. The number of hydrogen-bond donors (Lipinski definition) is 1. The van der Waals surface area contributed by atoms with Crippen LogP contribution in [0.1, 0.15) is 5.56 Å². The second kappa shape index (κ2) is 6.91. The number of nitrogens with zero attached hydrogens (tertiary/aromatic N) is 1. The summed E-state index contributed by atoms with van der Waals surface area (Å²) in [6.45, 7) is 1.58. The van der Waals surface area contributed by atoms with Gasteiger partial charge < -0.3 is 10.1 Å². The Morgan fingerprint density at radius 1 is 1.32 bits per heavy atom. The normalized spacial score (nSPS) is 10.1. The molecule has 1 N–H and O–H groups in total. The molecule has 0 aliphatic rings. The van der Waals surface area contributed by atoms with Gasteiger partial charge in [-0.25, -0.2) is 0 Å². The van der Waals surface area contributed by atoms with Crippen LogP contribution in [-0.2, 0) is 4.79 Å². The number of rotatable bonds is 5. The number of halogens is 1. The maximum absolute atomic E-state index is 11.8. The Bertz CT molecular complexity index is 718. The van der Waals surface area contributed by atoms with Crippen LogP contribution in [0.3, 0.4) is 0 Å². The van der Waals surface area contributed by atoms with Crippen molar-refractivity contribution in [3.63, 3.8) is 0 Å². The molecule has 114 valence electrons. The topological polar surface area (TPSA) is 81.5 Å². The van der Waals surface area contributed by atoms with E-state index in [2.05, 4.69) is 5.32 Å². The minimum atomic E-state index is -0.524. The fraction of sp³-hybridized carbons (Fsp3) is 0.133. The highest BCUT2D eigenvalue weighted by molar-refractivity contribution is 6.30. The average molecular weight is 321 g/mol. The largest absolute Gasteiger partial charge is 0.484 e. The lowest BCUT2D eigenvalue weighted by atomic mass is 10.2. The molecule has 2 aromatic rings. The number of amides is 1. The summed E-state index contributed by atoms with van der Waals surface area (Å²) in [6, 6.07) is 10.8. The molecule has 0 heterocycles. The summed E-state index contributed by atoms with van der Waals surface area (Å²) in [6.07, 6.45) is 0. The van der Waals surface area contributed by atoms with Gasteiger partial charge in [-0.05, 0) is 36.8 Å². The van der Waals surface area contributed by atoms with Crippen LogP contribution in [0.2, 0.25) is 5.02 Å². The van der Waals surface area contributed by atoms with E-state index in [1.165, 1.54) is 18.2 Å². The number of carbonyl (C=O) groups is 1. The van der Waals surface area contributed by atoms with E-state index in [1.807, 2.05) is 6.92 Å². The van der Waals surface area contributed by atoms with Crippen molar-refractivity contribution in [2.75, 3.05) is 11.9 Å². The van der Waals surface area contributed by atoms with Gasteiger partial charge in [0.2, 0.25) is 0 Å². The van der Waals surface area contributed by atoms with Crippen molar-refractivity contribution in [1.82, 2.24) is 0 Å². The van der Waals surface area contributed by atoms with Crippen molar-refractivity contribution in [2.24, 2.45) is 0 Å². The summed E-state index contributed by atoms with van der Waals surface area (Å²) in [5, 5.41) is 13.9. The van der Waals surface area contributed by atoms with Crippen LogP contribution < -0.4 is 10.1 Å². The first-order chi connectivity index (χ1) is 10.5. The molecule has 7 heteroatoms. The maximum atomic E-state index is 11.8. The molecule has 0 aromatic heterocycles. The Labute approximate surface area is 131 Å². The van der Waals surface area contributed by atoms with Gasteiger partial charge in [-0.15, -0.1) is 0 Å². The van der Waals surface area contributed by atoms with Crippen LogP contribution in [-0.4, -0.2) is 17.4 Å². The van der Waals surface area contributed by atoms with E-state index in [-0.39, 0.29) is 24.0 Å². The molecule has 0 atom stereocenters. The molecule has 22 heavy (non-hydrogen) atoms. The van der Waals surface area contributed by atoms with Gasteiger partial charge in [0, 0.05) is 16.8 Å². The molecule has 0 spiro atoms. The van der Waals surface area contributed by atoms with Gasteiger partial charge in [-0.2, -0.15) is 0 Å². The van der Waals surface area contributed by atoms with Crippen LogP contribution in [0, 0.1) is 17.0 Å². The Morgan fingerprint density at radius 3 is 2.77 bits per heavy atom. The minimum absolute atomic E-state index is 0.0912. The smallest absolute Gasteiger partial charge is 0.273 e. The van der Waals surface area contributed by atoms with Crippen molar-refractivity contribution in [3.05, 3.63) is 63.2 Å². The van der Waals surface area contributed by atoms with Gasteiger partial charge >= 0.3 is 0 Å². The zero-order valence-electron chi connectivity index (χ0n) is 11.7. The Balaban J connectivity index is 1.95. The van der Waals surface area contributed by atoms with E-state index in [0.29, 0.717) is 10.7 Å². The predicted octanol–water partition coefficient (Wildman–Crippen LogP) is 3.57. The number of hydrogen-bond acceptors (Lipinski definition) is 4. The lowest BCUT2D eigenvalue weighted by molar-refractivity contribution is -0.384. The van der Waals surface area contributed by atoms with Gasteiger partial charge in [0.05, 0.1) is 11.0 Å². The van der Waals surface area contributed by atoms with E-state index >= 15 is 0 Å². The summed E-state index contributed by atoms with van der Waals surface area (Å²) in [4.78, 5) is 22.0. The van der Waals surface area contributed by atoms with Gasteiger partial charge in [-0.1, -0.05) is 17.7 Å². The summed E-state index contributed by atoms with van der Waals surface area (Å²) in [5.41, 5.74) is 1.37. The Kier molecular flexibility index (Phi) is 4.95. The molecule has 0 saturated heterocycles. The Hall–Kier alpha value is -2.60. The number of nitro benzene ring substituents is 1. The summed E-state index contributed by atoms with van der Waals surface area (Å²) in [7, 11) is 0. The maximum Gasteiger partial charge on any atom is 0.273 e. The molecular formula is C15H13ClN2O4. The quantitative estimate of drug-likeness (QED) is 0.674. The van der Waals surface area contributed by atoms with Gasteiger partial charge in [0.15, 0.2) is 6.61 Å². The van der Waals surface area contributed by atoms with Crippen molar-refractivity contribution in [3.8, 4) is 5.75 Å². The zero-order valence-corrected chi connectivity index (χ0v) is 12.5. The molecule has 2 aromatic carbocycles. The molecule has 6 nitrogen and oxygen atoms in total. The first-order valence-corrected chi connectivity index (χ1v) is 6.77. The molecule has 0 radical (unpaired) electrons. The third kappa shape index (κ3) is 4.20. The summed E-state index contributed by atoms with van der Waals surface area (Å²) < 4.78 is 5.25. The third-order valence-electron chi connectivity index (χ3n) is 2.86. The van der Waals surface area contributed by atoms with Crippen LogP contribution in [0.15, 0.2) is 42.5 Å². The summed E-state index contributed by atoms with van der Waals surface area (Å²) >= 11 is 5.84. The number of carbonyl (C=O) groups excluding carboxylic acids is 1. The molecule has 0 aliphatic carbocycles. The molecule has 2 rings (SSSR count). The lowest BCUT2D eigenvalue weighted by Crippen LogP contribution is -2.20. The van der Waals surface area contributed by atoms with E-state index in [0.717, 1.165) is 5.56 Å². The van der Waals surface area contributed by atoms with E-state index < -0.39 is 4.92 Å². The molecule has 1 amide bonds. The zero-order chi connectivity index (χ0) is 16.1. The molecule has 0 aliphatic heterocycles. The van der Waals surface area contributed by atoms with E-state index in [9.17, 15) is 14.9 Å². The minimum Gasteiger partial charge on any atom is -0.484 e. The van der Waals surface area contributed by atoms with Gasteiger partial charge in [0.1, 0.15) is 5.75 Å². The monoisotopic (exact) mass is 320 g/mol.